The number of para-hydroxylation sites is 1. The van der Waals surface area contributed by atoms with Crippen molar-refractivity contribution < 1.29 is 18.0 Å². The van der Waals surface area contributed by atoms with Crippen molar-refractivity contribution in [2.75, 3.05) is 29.1 Å². The van der Waals surface area contributed by atoms with Crippen LogP contribution >= 0.6 is 11.8 Å². The van der Waals surface area contributed by atoms with E-state index < -0.39 is 17.6 Å². The second-order valence-electron chi connectivity index (χ2n) is 7.93. The van der Waals surface area contributed by atoms with Gasteiger partial charge >= 0.3 is 6.18 Å². The van der Waals surface area contributed by atoms with Crippen molar-refractivity contribution in [2.24, 2.45) is 5.92 Å². The molecule has 0 bridgehead atoms. The van der Waals surface area contributed by atoms with E-state index in [9.17, 15) is 18.0 Å². The summed E-state index contributed by atoms with van der Waals surface area (Å²) in [7, 11) is 0. The Balaban J connectivity index is 1.43. The van der Waals surface area contributed by atoms with Gasteiger partial charge in [-0.2, -0.15) is 13.2 Å². The molecule has 0 radical (unpaired) electrons. The highest BCUT2D eigenvalue weighted by atomic mass is 32.2. The van der Waals surface area contributed by atoms with Crippen LogP contribution in [0.3, 0.4) is 0 Å². The lowest BCUT2D eigenvalue weighted by atomic mass is 10.00. The monoisotopic (exact) mass is 439 g/mol. The van der Waals surface area contributed by atoms with Crippen molar-refractivity contribution in [3.8, 4) is 0 Å². The topological polar surface area (TPSA) is 63.1 Å². The number of thioether (sulfide) groups is 1. The molecule has 2 aromatic rings. The fraction of sp³-hybridized carbons (Fsp3) is 0.550. The van der Waals surface area contributed by atoms with Crippen LogP contribution in [0.15, 0.2) is 29.4 Å². The number of rotatable bonds is 6. The zero-order valence-corrected chi connectivity index (χ0v) is 17.5. The fourth-order valence-corrected chi connectivity index (χ4v) is 4.40. The first-order valence-electron chi connectivity index (χ1n) is 10.1. The summed E-state index contributed by atoms with van der Waals surface area (Å²) in [5.41, 5.74) is -1.09. The van der Waals surface area contributed by atoms with Crippen LogP contribution < -0.4 is 10.2 Å². The first kappa shape index (κ1) is 21.0. The number of anilines is 2. The Kier molecular flexibility index (Phi) is 5.95. The van der Waals surface area contributed by atoms with Crippen LogP contribution in [0.4, 0.5) is 24.8 Å². The molecular weight excluding hydrogens is 415 g/mol. The number of halogens is 3. The summed E-state index contributed by atoms with van der Waals surface area (Å²) in [5, 5.41) is 11.7. The number of carbonyl (C=O) groups excluding carboxylic acids is 1. The van der Waals surface area contributed by atoms with Gasteiger partial charge in [0.25, 0.3) is 0 Å². The molecule has 2 heterocycles. The van der Waals surface area contributed by atoms with Crippen molar-refractivity contribution in [3.05, 3.63) is 29.8 Å². The highest BCUT2D eigenvalue weighted by Gasteiger charge is 2.34. The van der Waals surface area contributed by atoms with E-state index in [0.717, 1.165) is 50.8 Å². The van der Waals surface area contributed by atoms with Crippen molar-refractivity contribution in [1.29, 1.82) is 0 Å². The third-order valence-electron chi connectivity index (χ3n) is 5.46. The molecule has 1 aliphatic carbocycles. The molecule has 1 amide bonds. The van der Waals surface area contributed by atoms with Gasteiger partial charge in [-0.1, -0.05) is 30.8 Å². The molecule has 0 unspecified atom stereocenters. The van der Waals surface area contributed by atoms with Crippen LogP contribution in [-0.4, -0.2) is 39.5 Å². The number of alkyl halides is 3. The average Bonchev–Trinajstić information content (AvgIpc) is 3.46. The van der Waals surface area contributed by atoms with E-state index in [4.69, 9.17) is 0 Å². The predicted octanol–water partition coefficient (Wildman–Crippen LogP) is 4.60. The van der Waals surface area contributed by atoms with Gasteiger partial charge in [0.05, 0.1) is 17.0 Å². The molecular formula is C20H24F3N5OS. The van der Waals surface area contributed by atoms with Gasteiger partial charge in [0.1, 0.15) is 0 Å². The Labute approximate surface area is 177 Å². The lowest BCUT2D eigenvalue weighted by molar-refractivity contribution is -0.137. The third-order valence-corrected chi connectivity index (χ3v) is 6.41. The van der Waals surface area contributed by atoms with Crippen LogP contribution in [0, 0.1) is 5.92 Å². The highest BCUT2D eigenvalue weighted by Crippen LogP contribution is 2.41. The number of amides is 1. The summed E-state index contributed by atoms with van der Waals surface area (Å²) >= 11 is 1.21. The Hall–Kier alpha value is -2.23. The van der Waals surface area contributed by atoms with Gasteiger partial charge in [0.2, 0.25) is 11.9 Å². The molecule has 1 aromatic heterocycles. The Morgan fingerprint density at radius 1 is 1.17 bits per heavy atom. The molecule has 2 aliphatic rings. The van der Waals surface area contributed by atoms with Crippen LogP contribution in [0.2, 0.25) is 0 Å². The Bertz CT molecular complexity index is 904. The van der Waals surface area contributed by atoms with E-state index in [2.05, 4.69) is 31.9 Å². The molecule has 0 atom stereocenters. The fourth-order valence-electron chi connectivity index (χ4n) is 3.60. The van der Waals surface area contributed by atoms with Gasteiger partial charge in [-0.15, -0.1) is 10.2 Å². The van der Waals surface area contributed by atoms with Crippen LogP contribution in [0.1, 0.15) is 44.2 Å². The molecule has 1 saturated heterocycles. The number of nitrogens with one attached hydrogen (secondary N) is 1. The van der Waals surface area contributed by atoms with Crippen LogP contribution in [-0.2, 0) is 11.0 Å². The summed E-state index contributed by atoms with van der Waals surface area (Å²) in [4.78, 5) is 14.6. The predicted molar refractivity (Wildman–Crippen MR) is 110 cm³/mol. The number of carbonyl (C=O) groups is 1. The summed E-state index contributed by atoms with van der Waals surface area (Å²) in [6, 6.07) is 5.32. The lowest BCUT2D eigenvalue weighted by Crippen LogP contribution is -2.34. The van der Waals surface area contributed by atoms with Gasteiger partial charge in [-0.25, -0.2) is 0 Å². The standard InChI is InChI=1S/C20H24F3N5OS/c1-13-8-10-27(11-9-13)18-25-26-19(28(18)14-6-7-14)30-12-17(29)24-16-5-3-2-4-15(16)20(21,22)23/h2-5,13-14H,6-12H2,1H3,(H,24,29). The summed E-state index contributed by atoms with van der Waals surface area (Å²) < 4.78 is 41.5. The minimum absolute atomic E-state index is 0.0337. The quantitative estimate of drug-likeness (QED) is 0.667. The van der Waals surface area contributed by atoms with E-state index >= 15 is 0 Å². The van der Waals surface area contributed by atoms with Crippen LogP contribution in [0.5, 0.6) is 0 Å². The SMILES string of the molecule is CC1CCN(c2nnc(SCC(=O)Nc3ccccc3C(F)(F)F)n2C2CC2)CC1. The first-order valence-corrected chi connectivity index (χ1v) is 11.1. The number of hydrogen-bond donors (Lipinski definition) is 1. The second kappa shape index (κ2) is 8.49. The van der Waals surface area contributed by atoms with Crippen molar-refractivity contribution in [1.82, 2.24) is 14.8 Å². The van der Waals surface area contributed by atoms with E-state index in [0.29, 0.717) is 17.1 Å². The molecule has 2 fully saturated rings. The van der Waals surface area contributed by atoms with E-state index in [-0.39, 0.29) is 11.4 Å². The molecule has 1 aromatic carbocycles. The molecule has 162 valence electrons. The van der Waals surface area contributed by atoms with Gasteiger partial charge < -0.3 is 10.2 Å². The zero-order chi connectivity index (χ0) is 21.3. The lowest BCUT2D eigenvalue weighted by Gasteiger charge is -2.31. The van der Waals surface area contributed by atoms with Crippen LogP contribution in [0.25, 0.3) is 0 Å². The second-order valence-corrected chi connectivity index (χ2v) is 8.88. The Morgan fingerprint density at radius 3 is 2.53 bits per heavy atom. The van der Waals surface area contributed by atoms with Crippen molar-refractivity contribution in [2.45, 2.75) is 50.0 Å². The molecule has 1 saturated carbocycles. The van der Waals surface area contributed by atoms with Crippen molar-refractivity contribution in [3.63, 3.8) is 0 Å². The van der Waals surface area contributed by atoms with Gasteiger partial charge in [0.15, 0.2) is 5.16 Å². The van der Waals surface area contributed by atoms with Crippen molar-refractivity contribution >= 4 is 29.3 Å². The molecule has 4 rings (SSSR count). The maximum Gasteiger partial charge on any atom is 0.418 e. The maximum absolute atomic E-state index is 13.1. The molecule has 6 nitrogen and oxygen atoms in total. The summed E-state index contributed by atoms with van der Waals surface area (Å²) in [6.07, 6.45) is -0.200. The normalized spacial score (nSPS) is 17.9. The van der Waals surface area contributed by atoms with E-state index in [1.807, 2.05) is 0 Å². The maximum atomic E-state index is 13.1. The number of aromatic nitrogens is 3. The van der Waals surface area contributed by atoms with E-state index in [1.165, 1.54) is 30.0 Å². The van der Waals surface area contributed by atoms with E-state index in [1.54, 1.807) is 0 Å². The summed E-state index contributed by atoms with van der Waals surface area (Å²) in [6.45, 7) is 4.12. The number of hydrogen-bond acceptors (Lipinski definition) is 5. The molecule has 30 heavy (non-hydrogen) atoms. The largest absolute Gasteiger partial charge is 0.418 e. The average molecular weight is 440 g/mol. The third kappa shape index (κ3) is 4.74. The molecule has 10 heteroatoms. The smallest absolute Gasteiger partial charge is 0.341 e. The summed E-state index contributed by atoms with van der Waals surface area (Å²) in [5.74, 6) is 1.01. The highest BCUT2D eigenvalue weighted by molar-refractivity contribution is 7.99. The molecule has 0 spiro atoms. The number of benzene rings is 1. The van der Waals surface area contributed by atoms with Gasteiger partial charge in [-0.05, 0) is 43.7 Å². The molecule has 1 aliphatic heterocycles. The first-order chi connectivity index (χ1) is 14.3. The zero-order valence-electron chi connectivity index (χ0n) is 16.7. The minimum Gasteiger partial charge on any atom is -0.341 e. The minimum atomic E-state index is -4.52. The van der Waals surface area contributed by atoms with Gasteiger partial charge in [0, 0.05) is 19.1 Å². The Morgan fingerprint density at radius 2 is 1.87 bits per heavy atom. The molecule has 1 N–H and O–H groups in total. The van der Waals surface area contributed by atoms with Gasteiger partial charge in [-0.3, -0.25) is 9.36 Å². The number of piperidine rings is 1. The number of nitrogens with zero attached hydrogens (tertiary/aromatic N) is 4.